The normalized spacial score (nSPS) is 17.2. The Morgan fingerprint density at radius 3 is 2.50 bits per heavy atom. The first kappa shape index (κ1) is 15.7. The van der Waals surface area contributed by atoms with E-state index in [1.54, 1.807) is 12.1 Å². The second-order valence-electron chi connectivity index (χ2n) is 5.51. The highest BCUT2D eigenvalue weighted by Crippen LogP contribution is 2.47. The summed E-state index contributed by atoms with van der Waals surface area (Å²) in [6.45, 7) is 4.45. The molecule has 0 spiro atoms. The lowest BCUT2D eigenvalue weighted by Gasteiger charge is -2.18. The molecule has 0 bridgehead atoms. The lowest BCUT2D eigenvalue weighted by atomic mass is 10.3. The SMILES string of the molecule is CSC1(CNc2ccccc2S(=O)(=O)NC(C)C)CC1. The summed E-state index contributed by atoms with van der Waals surface area (Å²) in [7, 11) is -3.46. The van der Waals surface area contributed by atoms with Crippen molar-refractivity contribution in [3.05, 3.63) is 24.3 Å². The summed E-state index contributed by atoms with van der Waals surface area (Å²) in [5.74, 6) is 0. The Labute approximate surface area is 125 Å². The molecule has 0 unspecified atom stereocenters. The van der Waals surface area contributed by atoms with Gasteiger partial charge in [0.25, 0.3) is 0 Å². The fourth-order valence-electron chi connectivity index (χ4n) is 2.07. The first-order valence-electron chi connectivity index (χ1n) is 6.79. The van der Waals surface area contributed by atoms with E-state index in [2.05, 4.69) is 16.3 Å². The highest BCUT2D eigenvalue weighted by molar-refractivity contribution is 8.00. The quantitative estimate of drug-likeness (QED) is 0.812. The molecule has 0 aromatic heterocycles. The van der Waals surface area contributed by atoms with Gasteiger partial charge in [0, 0.05) is 17.3 Å². The van der Waals surface area contributed by atoms with Gasteiger partial charge in [-0.25, -0.2) is 13.1 Å². The van der Waals surface area contributed by atoms with Gasteiger partial charge in [-0.05, 0) is 45.1 Å². The minimum atomic E-state index is -3.46. The minimum absolute atomic E-state index is 0.117. The molecule has 1 saturated carbocycles. The van der Waals surface area contributed by atoms with Crippen LogP contribution in [0.1, 0.15) is 26.7 Å². The average molecular weight is 314 g/mol. The number of hydrogen-bond acceptors (Lipinski definition) is 4. The van der Waals surface area contributed by atoms with Crippen LogP contribution in [0.25, 0.3) is 0 Å². The molecule has 1 aliphatic rings. The molecule has 0 atom stereocenters. The fraction of sp³-hybridized carbons (Fsp3) is 0.571. The van der Waals surface area contributed by atoms with Gasteiger partial charge in [-0.15, -0.1) is 0 Å². The number of anilines is 1. The zero-order chi connectivity index (χ0) is 14.8. The van der Waals surface area contributed by atoms with Crippen LogP contribution < -0.4 is 10.0 Å². The van der Waals surface area contributed by atoms with Crippen molar-refractivity contribution < 1.29 is 8.42 Å². The first-order chi connectivity index (χ1) is 9.38. The number of thioether (sulfide) groups is 1. The van der Waals surface area contributed by atoms with Gasteiger partial charge in [-0.3, -0.25) is 0 Å². The highest BCUT2D eigenvalue weighted by atomic mass is 32.2. The standard InChI is InChI=1S/C14H22N2O2S2/c1-11(2)16-20(17,18)13-7-5-4-6-12(13)15-10-14(19-3)8-9-14/h4-7,11,15-16H,8-10H2,1-3H3. The van der Waals surface area contributed by atoms with E-state index in [0.29, 0.717) is 15.3 Å². The van der Waals surface area contributed by atoms with E-state index in [1.165, 1.54) is 12.8 Å². The van der Waals surface area contributed by atoms with Crippen molar-refractivity contribution in [2.24, 2.45) is 0 Å². The number of nitrogens with one attached hydrogen (secondary N) is 2. The Bertz CT molecular complexity index is 566. The van der Waals surface area contributed by atoms with E-state index in [1.807, 2.05) is 37.7 Å². The first-order valence-corrected chi connectivity index (χ1v) is 9.50. The van der Waals surface area contributed by atoms with Crippen molar-refractivity contribution >= 4 is 27.5 Å². The smallest absolute Gasteiger partial charge is 0.242 e. The van der Waals surface area contributed by atoms with Crippen LogP contribution >= 0.6 is 11.8 Å². The van der Waals surface area contributed by atoms with Crippen molar-refractivity contribution in [2.45, 2.75) is 42.4 Å². The van der Waals surface area contributed by atoms with Crippen molar-refractivity contribution in [1.82, 2.24) is 4.72 Å². The van der Waals surface area contributed by atoms with E-state index in [9.17, 15) is 8.42 Å². The van der Waals surface area contributed by atoms with Crippen LogP contribution in [-0.2, 0) is 10.0 Å². The number of sulfonamides is 1. The zero-order valence-corrected chi connectivity index (χ0v) is 13.8. The van der Waals surface area contributed by atoms with Crippen LogP contribution in [0.15, 0.2) is 29.2 Å². The summed E-state index contributed by atoms with van der Waals surface area (Å²) < 4.78 is 27.6. The minimum Gasteiger partial charge on any atom is -0.383 e. The molecule has 4 nitrogen and oxygen atoms in total. The van der Waals surface area contributed by atoms with E-state index in [-0.39, 0.29) is 6.04 Å². The van der Waals surface area contributed by atoms with E-state index in [0.717, 1.165) is 6.54 Å². The lowest BCUT2D eigenvalue weighted by molar-refractivity contribution is 0.570. The van der Waals surface area contributed by atoms with Gasteiger partial charge in [-0.1, -0.05) is 12.1 Å². The molecular formula is C14H22N2O2S2. The number of benzene rings is 1. The fourth-order valence-corrected chi connectivity index (χ4v) is 4.23. The summed E-state index contributed by atoms with van der Waals surface area (Å²) in [6.07, 6.45) is 4.50. The summed E-state index contributed by atoms with van der Waals surface area (Å²) in [5, 5.41) is 3.31. The average Bonchev–Trinajstić information content (AvgIpc) is 3.16. The molecule has 6 heteroatoms. The molecule has 2 rings (SSSR count). The second-order valence-corrected chi connectivity index (χ2v) is 8.47. The number of rotatable bonds is 7. The number of para-hydroxylation sites is 1. The largest absolute Gasteiger partial charge is 0.383 e. The third-order valence-corrected chi connectivity index (χ3v) is 6.54. The Hall–Kier alpha value is -0.720. The molecule has 1 aromatic carbocycles. The third-order valence-electron chi connectivity index (χ3n) is 3.41. The lowest BCUT2D eigenvalue weighted by Crippen LogP contribution is -2.31. The Kier molecular flexibility index (Phi) is 4.66. The molecule has 1 fully saturated rings. The summed E-state index contributed by atoms with van der Waals surface area (Å²) >= 11 is 1.85. The molecule has 0 heterocycles. The summed E-state index contributed by atoms with van der Waals surface area (Å²) in [6, 6.07) is 6.96. The van der Waals surface area contributed by atoms with Gasteiger partial charge in [0.15, 0.2) is 0 Å². The molecule has 112 valence electrons. The van der Waals surface area contributed by atoms with E-state index in [4.69, 9.17) is 0 Å². The summed E-state index contributed by atoms with van der Waals surface area (Å²) in [4.78, 5) is 0.325. The van der Waals surface area contributed by atoms with Gasteiger partial charge in [-0.2, -0.15) is 11.8 Å². The zero-order valence-electron chi connectivity index (χ0n) is 12.1. The van der Waals surface area contributed by atoms with Gasteiger partial charge < -0.3 is 5.32 Å². The van der Waals surface area contributed by atoms with Gasteiger partial charge >= 0.3 is 0 Å². The maximum atomic E-state index is 12.3. The molecule has 0 radical (unpaired) electrons. The van der Waals surface area contributed by atoms with Crippen molar-refractivity contribution in [3.63, 3.8) is 0 Å². The second kappa shape index (κ2) is 5.95. The van der Waals surface area contributed by atoms with Crippen LogP contribution in [0.3, 0.4) is 0 Å². The van der Waals surface area contributed by atoms with Crippen LogP contribution in [0, 0.1) is 0 Å². The topological polar surface area (TPSA) is 58.2 Å². The van der Waals surface area contributed by atoms with Crippen LogP contribution in [0.4, 0.5) is 5.69 Å². The number of hydrogen-bond donors (Lipinski definition) is 2. The third kappa shape index (κ3) is 3.68. The van der Waals surface area contributed by atoms with Gasteiger partial charge in [0.05, 0.1) is 5.69 Å². The van der Waals surface area contributed by atoms with Crippen molar-refractivity contribution in [2.75, 3.05) is 18.1 Å². The van der Waals surface area contributed by atoms with Gasteiger partial charge in [0.2, 0.25) is 10.0 Å². The van der Waals surface area contributed by atoms with Crippen LogP contribution in [-0.4, -0.2) is 32.0 Å². The van der Waals surface area contributed by atoms with E-state index < -0.39 is 10.0 Å². The predicted molar refractivity (Wildman–Crippen MR) is 85.9 cm³/mol. The highest BCUT2D eigenvalue weighted by Gasteiger charge is 2.41. The maximum Gasteiger partial charge on any atom is 0.242 e. The molecule has 1 aromatic rings. The molecular weight excluding hydrogens is 292 g/mol. The molecule has 0 amide bonds. The van der Waals surface area contributed by atoms with Crippen molar-refractivity contribution in [3.8, 4) is 0 Å². The molecule has 0 aliphatic heterocycles. The van der Waals surface area contributed by atoms with Crippen molar-refractivity contribution in [1.29, 1.82) is 0 Å². The van der Waals surface area contributed by atoms with Crippen LogP contribution in [0.5, 0.6) is 0 Å². The molecule has 20 heavy (non-hydrogen) atoms. The molecule has 2 N–H and O–H groups in total. The van der Waals surface area contributed by atoms with E-state index >= 15 is 0 Å². The monoisotopic (exact) mass is 314 g/mol. The van der Waals surface area contributed by atoms with Gasteiger partial charge in [0.1, 0.15) is 4.90 Å². The molecule has 1 aliphatic carbocycles. The Balaban J connectivity index is 2.18. The Morgan fingerprint density at radius 1 is 1.30 bits per heavy atom. The maximum absolute atomic E-state index is 12.3. The predicted octanol–water partition coefficient (Wildman–Crippen LogP) is 2.68. The van der Waals surface area contributed by atoms with Crippen LogP contribution in [0.2, 0.25) is 0 Å². The Morgan fingerprint density at radius 2 is 1.95 bits per heavy atom. The molecule has 0 saturated heterocycles. The summed E-state index contributed by atoms with van der Waals surface area (Å²) in [5.41, 5.74) is 0.681.